The standard InChI is InChI=1S/C8H11ClO/c1-2-8(5-7-10)4-3-6-9/h2,5,7H,1,3-4,6H2/b8-5+. The molecule has 0 aliphatic rings. The fourth-order valence-electron chi connectivity index (χ4n) is 0.612. The first kappa shape index (κ1) is 9.44. The van der Waals surface area contributed by atoms with Gasteiger partial charge in [-0.3, -0.25) is 4.79 Å². The molecule has 0 atom stereocenters. The zero-order valence-corrected chi connectivity index (χ0v) is 6.60. The van der Waals surface area contributed by atoms with E-state index in [2.05, 4.69) is 6.58 Å². The van der Waals surface area contributed by atoms with Gasteiger partial charge in [0.05, 0.1) is 0 Å². The summed E-state index contributed by atoms with van der Waals surface area (Å²) in [5, 5.41) is 0. The van der Waals surface area contributed by atoms with Gasteiger partial charge in [0.2, 0.25) is 0 Å². The highest BCUT2D eigenvalue weighted by Crippen LogP contribution is 2.05. The molecule has 0 spiro atoms. The average Bonchev–Trinajstić information content (AvgIpc) is 1.98. The van der Waals surface area contributed by atoms with Gasteiger partial charge in [-0.15, -0.1) is 11.6 Å². The number of aldehydes is 1. The molecule has 2 heteroatoms. The van der Waals surface area contributed by atoms with Crippen LogP contribution in [0.2, 0.25) is 0 Å². The predicted octanol–water partition coefficient (Wildman–Crippen LogP) is 2.32. The molecule has 0 bridgehead atoms. The Kier molecular flexibility index (Phi) is 6.19. The third-order valence-corrected chi connectivity index (χ3v) is 1.41. The maximum absolute atomic E-state index is 9.98. The Morgan fingerprint density at radius 1 is 1.60 bits per heavy atom. The minimum atomic E-state index is 0.629. The Balaban J connectivity index is 3.70. The molecule has 0 aromatic carbocycles. The lowest BCUT2D eigenvalue weighted by atomic mass is 10.1. The smallest absolute Gasteiger partial charge is 0.143 e. The van der Waals surface area contributed by atoms with E-state index in [1.54, 1.807) is 6.08 Å². The van der Waals surface area contributed by atoms with E-state index in [4.69, 9.17) is 11.6 Å². The minimum absolute atomic E-state index is 0.629. The third kappa shape index (κ3) is 4.33. The maximum atomic E-state index is 9.98. The van der Waals surface area contributed by atoms with Gasteiger partial charge >= 0.3 is 0 Å². The monoisotopic (exact) mass is 158 g/mol. The van der Waals surface area contributed by atoms with Crippen molar-refractivity contribution in [2.45, 2.75) is 12.8 Å². The maximum Gasteiger partial charge on any atom is 0.143 e. The van der Waals surface area contributed by atoms with Crippen LogP contribution in [-0.2, 0) is 4.79 Å². The molecule has 0 radical (unpaired) electrons. The number of alkyl halides is 1. The van der Waals surface area contributed by atoms with Crippen molar-refractivity contribution < 1.29 is 4.79 Å². The topological polar surface area (TPSA) is 17.1 Å². The molecule has 10 heavy (non-hydrogen) atoms. The largest absolute Gasteiger partial charge is 0.299 e. The highest BCUT2D eigenvalue weighted by molar-refractivity contribution is 6.17. The molecule has 0 aliphatic heterocycles. The number of allylic oxidation sites excluding steroid dienone is 3. The normalized spacial score (nSPS) is 11.1. The van der Waals surface area contributed by atoms with Gasteiger partial charge in [0.25, 0.3) is 0 Å². The van der Waals surface area contributed by atoms with E-state index in [9.17, 15) is 4.79 Å². The van der Waals surface area contributed by atoms with Crippen LogP contribution in [0.1, 0.15) is 12.8 Å². The van der Waals surface area contributed by atoms with Crippen molar-refractivity contribution in [3.8, 4) is 0 Å². The molecule has 0 saturated carbocycles. The van der Waals surface area contributed by atoms with Crippen LogP contribution in [-0.4, -0.2) is 12.2 Å². The molecule has 1 nitrogen and oxygen atoms in total. The number of hydrogen-bond donors (Lipinski definition) is 0. The number of hydrogen-bond acceptors (Lipinski definition) is 1. The summed E-state index contributed by atoms with van der Waals surface area (Å²) in [6.07, 6.45) is 5.70. The lowest BCUT2D eigenvalue weighted by Gasteiger charge is -1.95. The number of rotatable bonds is 5. The molecule has 56 valence electrons. The van der Waals surface area contributed by atoms with E-state index in [0.29, 0.717) is 5.88 Å². The average molecular weight is 159 g/mol. The molecular weight excluding hydrogens is 148 g/mol. The Morgan fingerprint density at radius 2 is 2.30 bits per heavy atom. The van der Waals surface area contributed by atoms with Crippen molar-refractivity contribution >= 4 is 17.9 Å². The SMILES string of the molecule is C=C/C(=C\C=O)CCCCl. The van der Waals surface area contributed by atoms with Crippen molar-refractivity contribution in [3.63, 3.8) is 0 Å². The molecule has 0 fully saturated rings. The highest BCUT2D eigenvalue weighted by atomic mass is 35.5. The van der Waals surface area contributed by atoms with E-state index in [0.717, 1.165) is 24.7 Å². The van der Waals surface area contributed by atoms with Gasteiger partial charge in [0, 0.05) is 5.88 Å². The summed E-state index contributed by atoms with van der Waals surface area (Å²) in [4.78, 5) is 9.98. The number of halogens is 1. The second-order valence-corrected chi connectivity index (χ2v) is 2.25. The zero-order chi connectivity index (χ0) is 7.82. The Hall–Kier alpha value is -0.560. The van der Waals surface area contributed by atoms with E-state index in [1.165, 1.54) is 6.08 Å². The summed E-state index contributed by atoms with van der Waals surface area (Å²) in [5.74, 6) is 0.629. The van der Waals surface area contributed by atoms with Gasteiger partial charge < -0.3 is 0 Å². The quantitative estimate of drug-likeness (QED) is 0.260. The van der Waals surface area contributed by atoms with E-state index >= 15 is 0 Å². The van der Waals surface area contributed by atoms with E-state index in [-0.39, 0.29) is 0 Å². The van der Waals surface area contributed by atoms with E-state index < -0.39 is 0 Å². The van der Waals surface area contributed by atoms with Gasteiger partial charge in [-0.1, -0.05) is 12.7 Å². The van der Waals surface area contributed by atoms with Gasteiger partial charge in [-0.05, 0) is 24.5 Å². The molecule has 0 aliphatic carbocycles. The van der Waals surface area contributed by atoms with E-state index in [1.807, 2.05) is 0 Å². The van der Waals surface area contributed by atoms with Gasteiger partial charge in [-0.25, -0.2) is 0 Å². The van der Waals surface area contributed by atoms with Crippen LogP contribution in [0.25, 0.3) is 0 Å². The Morgan fingerprint density at radius 3 is 2.70 bits per heavy atom. The van der Waals surface area contributed by atoms with Crippen LogP contribution in [0.5, 0.6) is 0 Å². The Labute approximate surface area is 66.4 Å². The van der Waals surface area contributed by atoms with Gasteiger partial charge in [-0.2, -0.15) is 0 Å². The first-order chi connectivity index (χ1) is 4.85. The number of carbonyl (C=O) groups excluding carboxylic acids is 1. The summed E-state index contributed by atoms with van der Waals surface area (Å²) >= 11 is 5.45. The lowest BCUT2D eigenvalue weighted by Crippen LogP contribution is -1.81. The van der Waals surface area contributed by atoms with Crippen molar-refractivity contribution in [1.29, 1.82) is 0 Å². The van der Waals surface area contributed by atoms with Crippen molar-refractivity contribution in [1.82, 2.24) is 0 Å². The molecule has 0 N–H and O–H groups in total. The summed E-state index contributed by atoms with van der Waals surface area (Å²) in [5.41, 5.74) is 0.954. The van der Waals surface area contributed by atoms with Crippen molar-refractivity contribution in [3.05, 3.63) is 24.3 Å². The molecule has 0 aromatic rings. The number of carbonyl (C=O) groups is 1. The molecule has 0 saturated heterocycles. The molecule has 0 rings (SSSR count). The fraction of sp³-hybridized carbons (Fsp3) is 0.375. The Bertz CT molecular complexity index is 138. The summed E-state index contributed by atoms with van der Waals surface area (Å²) < 4.78 is 0. The van der Waals surface area contributed by atoms with Gasteiger partial charge in [0.15, 0.2) is 0 Å². The summed E-state index contributed by atoms with van der Waals surface area (Å²) in [7, 11) is 0. The van der Waals surface area contributed by atoms with Crippen LogP contribution in [0, 0.1) is 0 Å². The second-order valence-electron chi connectivity index (χ2n) is 1.87. The predicted molar refractivity (Wildman–Crippen MR) is 44.3 cm³/mol. The molecular formula is C8H11ClO. The summed E-state index contributed by atoms with van der Waals surface area (Å²) in [6.45, 7) is 3.56. The minimum Gasteiger partial charge on any atom is -0.299 e. The third-order valence-electron chi connectivity index (χ3n) is 1.14. The molecule has 0 aromatic heterocycles. The lowest BCUT2D eigenvalue weighted by molar-refractivity contribution is -0.104. The molecule has 0 amide bonds. The summed E-state index contributed by atoms with van der Waals surface area (Å²) in [6, 6.07) is 0. The molecule has 0 unspecified atom stereocenters. The second kappa shape index (κ2) is 6.56. The van der Waals surface area contributed by atoms with Crippen LogP contribution in [0.3, 0.4) is 0 Å². The molecule has 0 heterocycles. The fourth-order valence-corrected chi connectivity index (χ4v) is 0.745. The van der Waals surface area contributed by atoms with Crippen molar-refractivity contribution in [2.75, 3.05) is 5.88 Å². The van der Waals surface area contributed by atoms with Crippen LogP contribution >= 0.6 is 11.6 Å². The highest BCUT2D eigenvalue weighted by Gasteiger charge is 1.89. The van der Waals surface area contributed by atoms with Crippen LogP contribution in [0.4, 0.5) is 0 Å². The zero-order valence-electron chi connectivity index (χ0n) is 5.85. The van der Waals surface area contributed by atoms with Crippen LogP contribution in [0.15, 0.2) is 24.3 Å². The van der Waals surface area contributed by atoms with Gasteiger partial charge in [0.1, 0.15) is 6.29 Å². The van der Waals surface area contributed by atoms with Crippen molar-refractivity contribution in [2.24, 2.45) is 0 Å². The van der Waals surface area contributed by atoms with Crippen LogP contribution < -0.4 is 0 Å². The first-order valence-electron chi connectivity index (χ1n) is 3.18. The first-order valence-corrected chi connectivity index (χ1v) is 3.71.